The van der Waals surface area contributed by atoms with Crippen molar-refractivity contribution in [2.75, 3.05) is 5.32 Å². The molecule has 0 bridgehead atoms. The predicted octanol–water partition coefficient (Wildman–Crippen LogP) is 5.39. The van der Waals surface area contributed by atoms with Crippen LogP contribution in [0.3, 0.4) is 0 Å². The Morgan fingerprint density at radius 1 is 1.00 bits per heavy atom. The van der Waals surface area contributed by atoms with Gasteiger partial charge in [0, 0.05) is 17.3 Å². The SMILES string of the molecule is O=C(Nc1ccc(F)cc1O)c1ccc(C2CCC(c3c(F)cccc3F)=N2)cc1. The number of halogens is 3. The van der Waals surface area contributed by atoms with Crippen molar-refractivity contribution < 1.29 is 23.1 Å². The molecular weight excluding hydrogens is 393 g/mol. The zero-order valence-corrected chi connectivity index (χ0v) is 15.7. The molecule has 1 atom stereocenters. The number of hydrogen-bond acceptors (Lipinski definition) is 3. The summed E-state index contributed by atoms with van der Waals surface area (Å²) < 4.78 is 41.1. The third-order valence-electron chi connectivity index (χ3n) is 4.98. The van der Waals surface area contributed by atoms with Gasteiger partial charge in [-0.05, 0) is 54.8 Å². The summed E-state index contributed by atoms with van der Waals surface area (Å²) in [5, 5.41) is 12.2. The fraction of sp³-hybridized carbons (Fsp3) is 0.130. The Morgan fingerprint density at radius 2 is 1.70 bits per heavy atom. The van der Waals surface area contributed by atoms with Gasteiger partial charge in [-0.25, -0.2) is 13.2 Å². The van der Waals surface area contributed by atoms with Crippen LogP contribution in [-0.4, -0.2) is 16.7 Å². The van der Waals surface area contributed by atoms with Crippen molar-refractivity contribution in [3.63, 3.8) is 0 Å². The third kappa shape index (κ3) is 3.91. The lowest BCUT2D eigenvalue weighted by atomic mass is 10.0. The van der Waals surface area contributed by atoms with Gasteiger partial charge in [-0.3, -0.25) is 9.79 Å². The third-order valence-corrected chi connectivity index (χ3v) is 4.98. The summed E-state index contributed by atoms with van der Waals surface area (Å²) in [5.41, 5.74) is 1.56. The molecule has 0 fully saturated rings. The second-order valence-corrected chi connectivity index (χ2v) is 6.96. The van der Waals surface area contributed by atoms with Crippen molar-refractivity contribution in [3.8, 4) is 5.75 Å². The van der Waals surface area contributed by atoms with E-state index in [2.05, 4.69) is 10.3 Å². The standard InChI is InChI=1S/C23H17F3N2O2/c24-15-8-9-19(21(29)12-15)28-23(30)14-6-4-13(5-7-14)18-10-11-20(27-18)22-16(25)2-1-3-17(22)26/h1-9,12,18,29H,10-11H2,(H,28,30). The lowest BCUT2D eigenvalue weighted by Crippen LogP contribution is -2.12. The van der Waals surface area contributed by atoms with E-state index in [1.54, 1.807) is 24.3 Å². The average Bonchev–Trinajstić information content (AvgIpc) is 3.20. The molecule has 0 saturated carbocycles. The summed E-state index contributed by atoms with van der Waals surface area (Å²) in [7, 11) is 0. The minimum absolute atomic E-state index is 0.0879. The monoisotopic (exact) mass is 410 g/mol. The van der Waals surface area contributed by atoms with Crippen LogP contribution in [-0.2, 0) is 0 Å². The zero-order chi connectivity index (χ0) is 21.3. The first-order chi connectivity index (χ1) is 14.4. The van der Waals surface area contributed by atoms with Gasteiger partial charge in [0.15, 0.2) is 0 Å². The molecule has 4 nitrogen and oxygen atoms in total. The number of nitrogens with one attached hydrogen (secondary N) is 1. The predicted molar refractivity (Wildman–Crippen MR) is 107 cm³/mol. The Morgan fingerprint density at radius 3 is 2.37 bits per heavy atom. The fourth-order valence-corrected chi connectivity index (χ4v) is 3.46. The van der Waals surface area contributed by atoms with E-state index in [-0.39, 0.29) is 23.0 Å². The minimum Gasteiger partial charge on any atom is -0.506 e. The van der Waals surface area contributed by atoms with E-state index in [0.29, 0.717) is 24.1 Å². The number of aromatic hydroxyl groups is 1. The number of anilines is 1. The van der Waals surface area contributed by atoms with Crippen LogP contribution in [0.1, 0.15) is 40.4 Å². The minimum atomic E-state index is -0.634. The number of rotatable bonds is 4. The molecule has 1 heterocycles. The van der Waals surface area contributed by atoms with Gasteiger partial charge in [-0.2, -0.15) is 0 Å². The van der Waals surface area contributed by atoms with Crippen LogP contribution in [0, 0.1) is 17.5 Å². The molecule has 30 heavy (non-hydrogen) atoms. The Bertz CT molecular complexity index is 1120. The van der Waals surface area contributed by atoms with E-state index in [1.807, 2.05) is 0 Å². The molecule has 1 unspecified atom stereocenters. The van der Waals surface area contributed by atoms with E-state index in [0.717, 1.165) is 17.7 Å². The Labute approximate surface area is 170 Å². The maximum Gasteiger partial charge on any atom is 0.255 e. The van der Waals surface area contributed by atoms with Gasteiger partial charge in [0.2, 0.25) is 0 Å². The van der Waals surface area contributed by atoms with Crippen molar-refractivity contribution >= 4 is 17.3 Å². The largest absolute Gasteiger partial charge is 0.506 e. The Kier molecular flexibility index (Phi) is 5.27. The molecule has 0 aliphatic carbocycles. The fourth-order valence-electron chi connectivity index (χ4n) is 3.46. The summed E-state index contributed by atoms with van der Waals surface area (Å²) in [6.45, 7) is 0. The van der Waals surface area contributed by atoms with E-state index in [1.165, 1.54) is 24.3 Å². The summed E-state index contributed by atoms with van der Waals surface area (Å²) >= 11 is 0. The van der Waals surface area contributed by atoms with E-state index in [9.17, 15) is 23.1 Å². The van der Waals surface area contributed by atoms with Gasteiger partial charge in [0.1, 0.15) is 23.2 Å². The molecule has 7 heteroatoms. The number of benzene rings is 3. The van der Waals surface area contributed by atoms with Gasteiger partial charge in [-0.15, -0.1) is 0 Å². The second kappa shape index (κ2) is 8.02. The normalized spacial score (nSPS) is 15.7. The van der Waals surface area contributed by atoms with E-state index >= 15 is 0 Å². The number of hydrogen-bond donors (Lipinski definition) is 2. The van der Waals surface area contributed by atoms with E-state index in [4.69, 9.17) is 0 Å². The summed E-state index contributed by atoms with van der Waals surface area (Å²) in [6, 6.07) is 13.5. The molecule has 3 aromatic rings. The van der Waals surface area contributed by atoms with Crippen LogP contribution in [0.4, 0.5) is 18.9 Å². The maximum absolute atomic E-state index is 14.0. The molecule has 1 amide bonds. The lowest BCUT2D eigenvalue weighted by molar-refractivity contribution is 0.102. The molecular formula is C23H17F3N2O2. The van der Waals surface area contributed by atoms with Crippen LogP contribution < -0.4 is 5.32 Å². The first-order valence-electron chi connectivity index (χ1n) is 9.33. The lowest BCUT2D eigenvalue weighted by Gasteiger charge is -2.10. The number of aliphatic imine (C=N–C) groups is 1. The highest BCUT2D eigenvalue weighted by molar-refractivity contribution is 6.05. The van der Waals surface area contributed by atoms with Crippen LogP contribution in [0.15, 0.2) is 65.7 Å². The van der Waals surface area contributed by atoms with Crippen LogP contribution in [0.5, 0.6) is 5.75 Å². The molecule has 0 spiro atoms. The zero-order valence-electron chi connectivity index (χ0n) is 15.7. The number of carbonyl (C=O) groups is 1. The van der Waals surface area contributed by atoms with Crippen LogP contribution in [0.2, 0.25) is 0 Å². The van der Waals surface area contributed by atoms with E-state index < -0.39 is 23.4 Å². The van der Waals surface area contributed by atoms with Gasteiger partial charge in [-0.1, -0.05) is 18.2 Å². The van der Waals surface area contributed by atoms with Crippen LogP contribution >= 0.6 is 0 Å². The quantitative estimate of drug-likeness (QED) is 0.567. The van der Waals surface area contributed by atoms with Gasteiger partial charge in [0.25, 0.3) is 5.91 Å². The molecule has 4 rings (SSSR count). The maximum atomic E-state index is 14.0. The van der Waals surface area contributed by atoms with Crippen molar-refractivity contribution in [2.45, 2.75) is 18.9 Å². The van der Waals surface area contributed by atoms with Gasteiger partial charge in [0.05, 0.1) is 17.3 Å². The number of nitrogens with zero attached hydrogens (tertiary/aromatic N) is 1. The molecule has 3 aromatic carbocycles. The smallest absolute Gasteiger partial charge is 0.255 e. The number of phenols is 1. The molecule has 1 aliphatic rings. The number of carbonyl (C=O) groups excluding carboxylic acids is 1. The van der Waals surface area contributed by atoms with Crippen LogP contribution in [0.25, 0.3) is 0 Å². The first kappa shape index (κ1) is 19.7. The molecule has 0 saturated heterocycles. The average molecular weight is 410 g/mol. The molecule has 2 N–H and O–H groups in total. The van der Waals surface area contributed by atoms with Crippen molar-refractivity contribution in [1.29, 1.82) is 0 Å². The van der Waals surface area contributed by atoms with Gasteiger partial charge >= 0.3 is 0 Å². The molecule has 1 aliphatic heterocycles. The highest BCUT2D eigenvalue weighted by Gasteiger charge is 2.24. The highest BCUT2D eigenvalue weighted by Crippen LogP contribution is 2.32. The molecule has 0 radical (unpaired) electrons. The number of amides is 1. The first-order valence-corrected chi connectivity index (χ1v) is 9.33. The summed E-state index contributed by atoms with van der Waals surface area (Å²) in [5.74, 6) is -2.71. The molecule has 0 aromatic heterocycles. The van der Waals surface area contributed by atoms with Gasteiger partial charge < -0.3 is 10.4 Å². The summed E-state index contributed by atoms with van der Waals surface area (Å²) in [6.07, 6.45) is 1.06. The second-order valence-electron chi connectivity index (χ2n) is 6.96. The highest BCUT2D eigenvalue weighted by atomic mass is 19.1. The Hall–Kier alpha value is -3.61. The number of phenolic OH excluding ortho intramolecular Hbond substituents is 1. The summed E-state index contributed by atoms with van der Waals surface area (Å²) in [4.78, 5) is 16.8. The van der Waals surface area contributed by atoms with Crippen molar-refractivity contribution in [2.24, 2.45) is 4.99 Å². The van der Waals surface area contributed by atoms with Crippen molar-refractivity contribution in [1.82, 2.24) is 0 Å². The van der Waals surface area contributed by atoms with Crippen molar-refractivity contribution in [3.05, 3.63) is 94.8 Å². The topological polar surface area (TPSA) is 61.7 Å². The molecule has 152 valence electrons. The Balaban J connectivity index is 1.50.